The van der Waals surface area contributed by atoms with Crippen molar-refractivity contribution in [1.29, 1.82) is 0 Å². The van der Waals surface area contributed by atoms with E-state index < -0.39 is 28.8 Å². The van der Waals surface area contributed by atoms with Crippen LogP contribution in [0.5, 0.6) is 0 Å². The van der Waals surface area contributed by atoms with Crippen LogP contribution in [0.2, 0.25) is 0 Å². The summed E-state index contributed by atoms with van der Waals surface area (Å²) in [5, 5.41) is -0.821. The summed E-state index contributed by atoms with van der Waals surface area (Å²) in [5.41, 5.74) is -0.614. The number of alkyl halides is 4. The van der Waals surface area contributed by atoms with Crippen molar-refractivity contribution >= 4 is 11.6 Å². The fraction of sp³-hybridized carbons (Fsp3) is 0.200. The zero-order valence-electron chi connectivity index (χ0n) is 10.6. The molecule has 2 aromatic rings. The van der Waals surface area contributed by atoms with Crippen LogP contribution >= 0.6 is 11.6 Å². The highest BCUT2D eigenvalue weighted by Crippen LogP contribution is 2.32. The molecule has 0 radical (unpaired) electrons. The molecule has 21 heavy (non-hydrogen) atoms. The van der Waals surface area contributed by atoms with E-state index in [1.165, 1.54) is 18.2 Å². The highest BCUT2D eigenvalue weighted by Gasteiger charge is 2.30. The first-order chi connectivity index (χ1) is 9.79. The quantitative estimate of drug-likeness (QED) is 0.517. The first kappa shape index (κ1) is 15.8. The van der Waals surface area contributed by atoms with Gasteiger partial charge in [-0.3, -0.25) is 0 Å². The van der Waals surface area contributed by atoms with Gasteiger partial charge in [-0.2, -0.15) is 13.2 Å². The molecule has 0 aliphatic rings. The molecule has 0 nitrogen and oxygen atoms in total. The van der Waals surface area contributed by atoms with Gasteiger partial charge in [-0.05, 0) is 36.2 Å². The van der Waals surface area contributed by atoms with Gasteiger partial charge in [0, 0.05) is 5.56 Å². The van der Waals surface area contributed by atoms with Crippen molar-refractivity contribution in [3.8, 4) is 0 Å². The van der Waals surface area contributed by atoms with Gasteiger partial charge in [-0.1, -0.05) is 18.2 Å². The van der Waals surface area contributed by atoms with Gasteiger partial charge in [0.1, 0.15) is 11.6 Å². The topological polar surface area (TPSA) is 0 Å². The molecule has 0 aromatic heterocycles. The summed E-state index contributed by atoms with van der Waals surface area (Å²) in [4.78, 5) is 0. The van der Waals surface area contributed by atoms with Crippen molar-refractivity contribution in [3.05, 3.63) is 70.8 Å². The zero-order valence-corrected chi connectivity index (χ0v) is 11.3. The third-order valence-corrected chi connectivity index (χ3v) is 3.45. The van der Waals surface area contributed by atoms with Gasteiger partial charge in [0.2, 0.25) is 0 Å². The fourth-order valence-electron chi connectivity index (χ4n) is 1.91. The van der Waals surface area contributed by atoms with Crippen LogP contribution in [0.4, 0.5) is 22.0 Å². The van der Waals surface area contributed by atoms with Gasteiger partial charge >= 0.3 is 6.18 Å². The third-order valence-electron chi connectivity index (χ3n) is 3.04. The van der Waals surface area contributed by atoms with E-state index >= 15 is 0 Å². The lowest BCUT2D eigenvalue weighted by molar-refractivity contribution is -0.137. The number of hydrogen-bond acceptors (Lipinski definition) is 0. The number of hydrogen-bond donors (Lipinski definition) is 0. The van der Waals surface area contributed by atoms with Crippen molar-refractivity contribution < 1.29 is 22.0 Å². The lowest BCUT2D eigenvalue weighted by Crippen LogP contribution is -2.06. The highest BCUT2D eigenvalue weighted by molar-refractivity contribution is 6.20. The van der Waals surface area contributed by atoms with Crippen LogP contribution in [0.25, 0.3) is 0 Å². The molecule has 0 amide bonds. The maximum Gasteiger partial charge on any atom is 0.416 e. The Balaban J connectivity index is 2.19. The van der Waals surface area contributed by atoms with E-state index in [0.717, 1.165) is 24.3 Å². The lowest BCUT2D eigenvalue weighted by atomic mass is 10.0. The normalized spacial score (nSPS) is 13.2. The molecule has 0 spiro atoms. The van der Waals surface area contributed by atoms with Gasteiger partial charge in [0.15, 0.2) is 0 Å². The molecule has 112 valence electrons. The molecule has 0 saturated carbocycles. The average Bonchev–Trinajstić information content (AvgIpc) is 2.42. The largest absolute Gasteiger partial charge is 0.416 e. The summed E-state index contributed by atoms with van der Waals surface area (Å²) in [6.07, 6.45) is -4.58. The molecule has 2 rings (SSSR count). The molecule has 1 atom stereocenters. The number of rotatable bonds is 3. The van der Waals surface area contributed by atoms with E-state index in [9.17, 15) is 22.0 Å². The molecule has 0 aliphatic carbocycles. The predicted molar refractivity (Wildman–Crippen MR) is 70.1 cm³/mol. The Labute approximate surface area is 123 Å². The van der Waals surface area contributed by atoms with Crippen LogP contribution in [0, 0.1) is 11.6 Å². The summed E-state index contributed by atoms with van der Waals surface area (Å²) in [6.45, 7) is 0. The Hall–Kier alpha value is -1.62. The first-order valence-electron chi connectivity index (χ1n) is 6.03. The van der Waals surface area contributed by atoms with Crippen LogP contribution in [-0.2, 0) is 12.6 Å². The molecule has 0 heterocycles. The third kappa shape index (κ3) is 3.73. The predicted octanol–water partition coefficient (Wildman–Crippen LogP) is 5.51. The van der Waals surface area contributed by atoms with E-state index in [2.05, 4.69) is 0 Å². The van der Waals surface area contributed by atoms with Crippen molar-refractivity contribution in [2.24, 2.45) is 0 Å². The summed E-state index contributed by atoms with van der Waals surface area (Å²) in [5.74, 6) is -1.46. The smallest absolute Gasteiger partial charge is 0.207 e. The second-order valence-corrected chi connectivity index (χ2v) is 5.02. The minimum atomic E-state index is -4.43. The minimum Gasteiger partial charge on any atom is -0.207 e. The van der Waals surface area contributed by atoms with Crippen LogP contribution in [0.3, 0.4) is 0 Å². The molecule has 0 aliphatic heterocycles. The van der Waals surface area contributed by atoms with Gasteiger partial charge in [-0.25, -0.2) is 8.78 Å². The Kier molecular flexibility index (Phi) is 4.52. The zero-order chi connectivity index (χ0) is 15.6. The number of benzene rings is 2. The maximum atomic E-state index is 13.5. The van der Waals surface area contributed by atoms with Crippen LogP contribution in [0.15, 0.2) is 42.5 Å². The van der Waals surface area contributed by atoms with Gasteiger partial charge in [-0.15, -0.1) is 11.6 Å². The van der Waals surface area contributed by atoms with Crippen molar-refractivity contribution in [1.82, 2.24) is 0 Å². The lowest BCUT2D eigenvalue weighted by Gasteiger charge is -2.13. The SMILES string of the molecule is Fc1cccc(F)c1CC(Cl)c1ccc(C(F)(F)F)cc1. The molecular weight excluding hydrogens is 311 g/mol. The van der Waals surface area contributed by atoms with E-state index in [-0.39, 0.29) is 12.0 Å². The van der Waals surface area contributed by atoms with Crippen molar-refractivity contribution in [2.75, 3.05) is 0 Å². The summed E-state index contributed by atoms with van der Waals surface area (Å²) >= 11 is 6.04. The number of halogens is 6. The van der Waals surface area contributed by atoms with Crippen LogP contribution < -0.4 is 0 Å². The van der Waals surface area contributed by atoms with E-state index in [0.29, 0.717) is 5.56 Å². The fourth-order valence-corrected chi connectivity index (χ4v) is 2.21. The Morgan fingerprint density at radius 1 is 0.905 bits per heavy atom. The Morgan fingerprint density at radius 3 is 1.90 bits per heavy atom. The standard InChI is InChI=1S/C15H10ClF5/c16-12(8-11-13(17)2-1-3-14(11)18)9-4-6-10(7-5-9)15(19,20)21/h1-7,12H,8H2. The highest BCUT2D eigenvalue weighted by atomic mass is 35.5. The molecule has 2 aromatic carbocycles. The minimum absolute atomic E-state index is 0.147. The molecule has 0 saturated heterocycles. The van der Waals surface area contributed by atoms with Crippen molar-refractivity contribution in [3.63, 3.8) is 0 Å². The summed E-state index contributed by atoms with van der Waals surface area (Å²) in [6, 6.07) is 7.64. The molecule has 6 heteroatoms. The van der Waals surface area contributed by atoms with E-state index in [4.69, 9.17) is 11.6 Å². The summed E-state index contributed by atoms with van der Waals surface area (Å²) < 4.78 is 64.3. The molecule has 0 N–H and O–H groups in total. The van der Waals surface area contributed by atoms with Gasteiger partial charge in [0.25, 0.3) is 0 Å². The van der Waals surface area contributed by atoms with Crippen molar-refractivity contribution in [2.45, 2.75) is 18.0 Å². The van der Waals surface area contributed by atoms with E-state index in [1.807, 2.05) is 0 Å². The van der Waals surface area contributed by atoms with Crippen LogP contribution in [-0.4, -0.2) is 0 Å². The molecule has 0 bridgehead atoms. The second kappa shape index (κ2) is 6.02. The first-order valence-corrected chi connectivity index (χ1v) is 6.47. The maximum absolute atomic E-state index is 13.5. The summed E-state index contributed by atoms with van der Waals surface area (Å²) in [7, 11) is 0. The molecule has 0 fully saturated rings. The second-order valence-electron chi connectivity index (χ2n) is 4.49. The molecule has 1 unspecified atom stereocenters. The monoisotopic (exact) mass is 320 g/mol. The van der Waals surface area contributed by atoms with Gasteiger partial charge in [0.05, 0.1) is 10.9 Å². The van der Waals surface area contributed by atoms with Crippen LogP contribution in [0.1, 0.15) is 22.1 Å². The average molecular weight is 321 g/mol. The van der Waals surface area contributed by atoms with Gasteiger partial charge < -0.3 is 0 Å². The Morgan fingerprint density at radius 2 is 1.43 bits per heavy atom. The van der Waals surface area contributed by atoms with E-state index in [1.54, 1.807) is 0 Å². The molecular formula is C15H10ClF5. The Bertz CT molecular complexity index is 599.